The van der Waals surface area contributed by atoms with Crippen molar-refractivity contribution in [3.8, 4) is 5.75 Å². The molecule has 1 aliphatic heterocycles. The van der Waals surface area contributed by atoms with Gasteiger partial charge in [0.2, 0.25) is 0 Å². The van der Waals surface area contributed by atoms with Crippen molar-refractivity contribution in [1.29, 1.82) is 0 Å². The Bertz CT molecular complexity index is 1020. The molecule has 30 heavy (non-hydrogen) atoms. The standard InChI is InChI=1S/C23H25FN4O2/c1-30-22-9-5-3-6-16(22)13-25-23(29)21-12-20(26-27-21)18-10-11-28(15-18)14-17-7-2-4-8-19(17)24/h2-9,12,18H,10-11,13-15H2,1H3,(H,25,29)(H,26,27). The van der Waals surface area contributed by atoms with Gasteiger partial charge in [0.05, 0.1) is 7.11 Å². The van der Waals surface area contributed by atoms with E-state index in [-0.39, 0.29) is 17.6 Å². The fraction of sp³-hybridized carbons (Fsp3) is 0.304. The number of aromatic amines is 1. The van der Waals surface area contributed by atoms with Crippen LogP contribution < -0.4 is 10.1 Å². The van der Waals surface area contributed by atoms with Gasteiger partial charge in [0, 0.05) is 42.4 Å². The molecule has 0 aliphatic carbocycles. The van der Waals surface area contributed by atoms with Crippen molar-refractivity contribution < 1.29 is 13.9 Å². The molecule has 1 aromatic heterocycles. The number of hydrogen-bond donors (Lipinski definition) is 2. The molecule has 0 radical (unpaired) electrons. The second-order valence-corrected chi connectivity index (χ2v) is 7.52. The molecule has 2 N–H and O–H groups in total. The Morgan fingerprint density at radius 1 is 1.23 bits per heavy atom. The lowest BCUT2D eigenvalue weighted by molar-refractivity contribution is 0.0945. The average Bonchev–Trinajstić information content (AvgIpc) is 3.43. The van der Waals surface area contributed by atoms with Crippen LogP contribution >= 0.6 is 0 Å². The summed E-state index contributed by atoms with van der Waals surface area (Å²) in [7, 11) is 1.61. The maximum atomic E-state index is 13.9. The second-order valence-electron chi connectivity index (χ2n) is 7.52. The molecular formula is C23H25FN4O2. The van der Waals surface area contributed by atoms with E-state index >= 15 is 0 Å². The van der Waals surface area contributed by atoms with E-state index in [4.69, 9.17) is 4.74 Å². The maximum Gasteiger partial charge on any atom is 0.272 e. The fourth-order valence-electron chi connectivity index (χ4n) is 3.87. The van der Waals surface area contributed by atoms with E-state index in [2.05, 4.69) is 20.4 Å². The zero-order valence-electron chi connectivity index (χ0n) is 16.9. The number of aromatic nitrogens is 2. The van der Waals surface area contributed by atoms with E-state index < -0.39 is 0 Å². The lowest BCUT2D eigenvalue weighted by Gasteiger charge is -2.16. The monoisotopic (exact) mass is 408 g/mol. The summed E-state index contributed by atoms with van der Waals surface area (Å²) < 4.78 is 19.2. The molecule has 0 spiro atoms. The zero-order valence-corrected chi connectivity index (χ0v) is 16.9. The predicted octanol–water partition coefficient (Wildman–Crippen LogP) is 3.48. The van der Waals surface area contributed by atoms with Gasteiger partial charge in [0.15, 0.2) is 0 Å². The van der Waals surface area contributed by atoms with Crippen LogP contribution in [0.1, 0.15) is 39.6 Å². The number of amides is 1. The molecule has 7 heteroatoms. The molecule has 3 aromatic rings. The van der Waals surface area contributed by atoms with Crippen molar-refractivity contribution in [2.75, 3.05) is 20.2 Å². The summed E-state index contributed by atoms with van der Waals surface area (Å²) in [5.41, 5.74) is 2.92. The van der Waals surface area contributed by atoms with Crippen LogP contribution in [0.4, 0.5) is 4.39 Å². The van der Waals surface area contributed by atoms with E-state index in [1.54, 1.807) is 13.2 Å². The molecule has 1 amide bonds. The molecule has 0 bridgehead atoms. The van der Waals surface area contributed by atoms with Crippen LogP contribution in [-0.4, -0.2) is 41.2 Å². The molecule has 1 fully saturated rings. The number of hydrogen-bond acceptors (Lipinski definition) is 4. The van der Waals surface area contributed by atoms with Gasteiger partial charge >= 0.3 is 0 Å². The molecule has 2 heterocycles. The number of nitrogens with zero attached hydrogens (tertiary/aromatic N) is 2. The number of halogens is 1. The first-order valence-electron chi connectivity index (χ1n) is 10.0. The molecule has 1 atom stereocenters. The average molecular weight is 408 g/mol. The SMILES string of the molecule is COc1ccccc1CNC(=O)c1cc(C2CCN(Cc3ccccc3F)C2)[nH]n1. The first-order chi connectivity index (χ1) is 14.6. The Kier molecular flexibility index (Phi) is 6.09. The number of carbonyl (C=O) groups is 1. The number of methoxy groups -OCH3 is 1. The van der Waals surface area contributed by atoms with E-state index in [0.29, 0.717) is 24.3 Å². The van der Waals surface area contributed by atoms with Crippen LogP contribution in [0, 0.1) is 5.82 Å². The Labute approximate surface area is 175 Å². The highest BCUT2D eigenvalue weighted by Crippen LogP contribution is 2.27. The molecule has 156 valence electrons. The zero-order chi connectivity index (χ0) is 20.9. The van der Waals surface area contributed by atoms with Crippen LogP contribution in [0.15, 0.2) is 54.6 Å². The first kappa shape index (κ1) is 20.1. The van der Waals surface area contributed by atoms with E-state index in [9.17, 15) is 9.18 Å². The minimum absolute atomic E-state index is 0.170. The summed E-state index contributed by atoms with van der Waals surface area (Å²) in [6, 6.07) is 16.3. The Balaban J connectivity index is 1.34. The van der Waals surface area contributed by atoms with E-state index in [0.717, 1.165) is 36.5 Å². The van der Waals surface area contributed by atoms with Crippen LogP contribution in [0.5, 0.6) is 5.75 Å². The van der Waals surface area contributed by atoms with Crippen LogP contribution in [0.3, 0.4) is 0 Å². The van der Waals surface area contributed by atoms with E-state index in [1.165, 1.54) is 6.07 Å². The molecule has 4 rings (SSSR count). The fourth-order valence-corrected chi connectivity index (χ4v) is 3.87. The van der Waals surface area contributed by atoms with Gasteiger partial charge in [0.25, 0.3) is 5.91 Å². The Hall–Kier alpha value is -3.19. The molecule has 1 aliphatic rings. The van der Waals surface area contributed by atoms with Crippen molar-refractivity contribution in [3.63, 3.8) is 0 Å². The topological polar surface area (TPSA) is 70.2 Å². The normalized spacial score (nSPS) is 16.5. The Morgan fingerprint density at radius 2 is 2.00 bits per heavy atom. The van der Waals surface area contributed by atoms with Gasteiger partial charge in [-0.05, 0) is 31.2 Å². The van der Waals surface area contributed by atoms with E-state index in [1.807, 2.05) is 42.5 Å². The highest BCUT2D eigenvalue weighted by molar-refractivity contribution is 5.92. The van der Waals surface area contributed by atoms with Gasteiger partial charge in [-0.15, -0.1) is 0 Å². The summed E-state index contributed by atoms with van der Waals surface area (Å²) in [4.78, 5) is 14.7. The van der Waals surface area contributed by atoms with Gasteiger partial charge < -0.3 is 10.1 Å². The number of benzene rings is 2. The minimum atomic E-state index is -0.232. The first-order valence-corrected chi connectivity index (χ1v) is 10.0. The molecule has 6 nitrogen and oxygen atoms in total. The molecule has 1 saturated heterocycles. The highest BCUT2D eigenvalue weighted by atomic mass is 19.1. The highest BCUT2D eigenvalue weighted by Gasteiger charge is 2.26. The van der Waals surface area contributed by atoms with Gasteiger partial charge in [-0.3, -0.25) is 14.8 Å². The molecule has 2 aromatic carbocycles. The second kappa shape index (κ2) is 9.09. The van der Waals surface area contributed by atoms with Crippen molar-refractivity contribution in [3.05, 3.63) is 82.9 Å². The maximum absolute atomic E-state index is 13.9. The molecular weight excluding hydrogens is 383 g/mol. The summed E-state index contributed by atoms with van der Waals surface area (Å²) in [5.74, 6) is 0.586. The summed E-state index contributed by atoms with van der Waals surface area (Å²) in [5, 5.41) is 10.1. The third-order valence-corrected chi connectivity index (χ3v) is 5.53. The summed E-state index contributed by atoms with van der Waals surface area (Å²) >= 11 is 0. The van der Waals surface area contributed by atoms with Gasteiger partial charge in [-0.1, -0.05) is 36.4 Å². The number of carbonyl (C=O) groups excluding carboxylic acids is 1. The predicted molar refractivity (Wildman–Crippen MR) is 112 cm³/mol. The Morgan fingerprint density at radius 3 is 2.80 bits per heavy atom. The summed E-state index contributed by atoms with van der Waals surface area (Å²) in [6.07, 6.45) is 0.943. The third-order valence-electron chi connectivity index (χ3n) is 5.53. The van der Waals surface area contributed by atoms with Crippen molar-refractivity contribution in [2.45, 2.75) is 25.4 Å². The quantitative estimate of drug-likeness (QED) is 0.628. The lowest BCUT2D eigenvalue weighted by atomic mass is 10.0. The molecule has 1 unspecified atom stereocenters. The number of ether oxygens (including phenoxy) is 1. The van der Waals surface area contributed by atoms with Crippen molar-refractivity contribution in [2.24, 2.45) is 0 Å². The van der Waals surface area contributed by atoms with Crippen LogP contribution in [0.25, 0.3) is 0 Å². The molecule has 0 saturated carbocycles. The number of para-hydroxylation sites is 1. The number of nitrogens with one attached hydrogen (secondary N) is 2. The number of H-pyrrole nitrogens is 1. The number of likely N-dealkylation sites (tertiary alicyclic amines) is 1. The number of rotatable bonds is 7. The largest absolute Gasteiger partial charge is 0.496 e. The minimum Gasteiger partial charge on any atom is -0.496 e. The van der Waals surface area contributed by atoms with Crippen LogP contribution in [0.2, 0.25) is 0 Å². The smallest absolute Gasteiger partial charge is 0.272 e. The third kappa shape index (κ3) is 4.52. The lowest BCUT2D eigenvalue weighted by Crippen LogP contribution is -2.23. The van der Waals surface area contributed by atoms with Gasteiger partial charge in [-0.2, -0.15) is 5.10 Å². The van der Waals surface area contributed by atoms with Crippen molar-refractivity contribution >= 4 is 5.91 Å². The van der Waals surface area contributed by atoms with Gasteiger partial charge in [-0.25, -0.2) is 4.39 Å². The van der Waals surface area contributed by atoms with Gasteiger partial charge in [0.1, 0.15) is 17.3 Å². The van der Waals surface area contributed by atoms with Crippen LogP contribution in [-0.2, 0) is 13.1 Å². The summed E-state index contributed by atoms with van der Waals surface area (Å²) in [6.45, 7) is 2.64. The van der Waals surface area contributed by atoms with Crippen molar-refractivity contribution in [1.82, 2.24) is 20.4 Å².